The van der Waals surface area contributed by atoms with Crippen molar-refractivity contribution in [1.29, 1.82) is 0 Å². The quantitative estimate of drug-likeness (QED) is 0.691. The molecule has 0 unspecified atom stereocenters. The molecule has 3 nitrogen and oxygen atoms in total. The van der Waals surface area contributed by atoms with E-state index in [0.29, 0.717) is 4.64 Å². The largest absolute Gasteiger partial charge is 0.338 e. The monoisotopic (exact) mass is 293 g/mol. The Morgan fingerprint density at radius 2 is 1.76 bits per heavy atom. The standard InChI is InChI=1S/C17H15N3S/c21-16-14-7-3-4-8-15(14)18-17(19-16)20-10-9-12-5-1-2-6-13(12)11-20/h1-8H,9-11H2,(H,18,19,21). The molecular formula is C17H15N3S. The number of aromatic amines is 1. The molecule has 0 amide bonds. The molecule has 0 atom stereocenters. The lowest BCUT2D eigenvalue weighted by molar-refractivity contribution is 0.709. The van der Waals surface area contributed by atoms with E-state index in [-0.39, 0.29) is 0 Å². The number of nitrogens with zero attached hydrogens (tertiary/aromatic N) is 2. The van der Waals surface area contributed by atoms with Crippen molar-refractivity contribution < 1.29 is 0 Å². The smallest absolute Gasteiger partial charge is 0.204 e. The summed E-state index contributed by atoms with van der Waals surface area (Å²) in [5.74, 6) is 0.869. The Bertz CT molecular complexity index is 869. The number of rotatable bonds is 1. The fourth-order valence-electron chi connectivity index (χ4n) is 2.91. The van der Waals surface area contributed by atoms with Gasteiger partial charge in [0.2, 0.25) is 5.95 Å². The predicted octanol–water partition coefficient (Wildman–Crippen LogP) is 3.86. The molecule has 0 bridgehead atoms. The van der Waals surface area contributed by atoms with Crippen molar-refractivity contribution in [3.8, 4) is 0 Å². The molecule has 4 rings (SSSR count). The molecule has 0 fully saturated rings. The minimum absolute atomic E-state index is 0.665. The molecule has 0 radical (unpaired) electrons. The number of para-hydroxylation sites is 1. The number of aromatic nitrogens is 2. The number of benzene rings is 2. The van der Waals surface area contributed by atoms with E-state index in [1.807, 2.05) is 24.3 Å². The summed E-state index contributed by atoms with van der Waals surface area (Å²) in [6.45, 7) is 1.85. The van der Waals surface area contributed by atoms with Crippen molar-refractivity contribution in [3.05, 3.63) is 64.3 Å². The normalized spacial score (nSPS) is 14.2. The van der Waals surface area contributed by atoms with Gasteiger partial charge in [0.1, 0.15) is 4.64 Å². The predicted molar refractivity (Wildman–Crippen MR) is 88.1 cm³/mol. The molecule has 2 aromatic carbocycles. The zero-order chi connectivity index (χ0) is 14.2. The summed E-state index contributed by atoms with van der Waals surface area (Å²) in [6.07, 6.45) is 1.05. The average molecular weight is 293 g/mol. The minimum atomic E-state index is 0.665. The van der Waals surface area contributed by atoms with Crippen LogP contribution in [0.1, 0.15) is 11.1 Å². The third-order valence-electron chi connectivity index (χ3n) is 4.04. The van der Waals surface area contributed by atoms with Crippen LogP contribution in [0.2, 0.25) is 0 Å². The number of fused-ring (bicyclic) bond motifs is 2. The average Bonchev–Trinajstić information content (AvgIpc) is 2.54. The molecular weight excluding hydrogens is 278 g/mol. The van der Waals surface area contributed by atoms with E-state index in [2.05, 4.69) is 39.1 Å². The molecule has 0 saturated carbocycles. The van der Waals surface area contributed by atoms with Gasteiger partial charge in [0.15, 0.2) is 0 Å². The van der Waals surface area contributed by atoms with Crippen molar-refractivity contribution in [3.63, 3.8) is 0 Å². The van der Waals surface area contributed by atoms with Crippen molar-refractivity contribution in [1.82, 2.24) is 9.97 Å². The van der Waals surface area contributed by atoms with E-state index in [1.165, 1.54) is 11.1 Å². The van der Waals surface area contributed by atoms with Gasteiger partial charge in [0.05, 0.1) is 5.52 Å². The summed E-state index contributed by atoms with van der Waals surface area (Å²) < 4.78 is 0.665. The van der Waals surface area contributed by atoms with Gasteiger partial charge in [-0.3, -0.25) is 0 Å². The molecule has 1 N–H and O–H groups in total. The van der Waals surface area contributed by atoms with Crippen LogP contribution in [-0.2, 0) is 13.0 Å². The molecule has 1 aliphatic rings. The second-order valence-corrected chi connectivity index (χ2v) is 5.74. The first kappa shape index (κ1) is 12.5. The van der Waals surface area contributed by atoms with Gasteiger partial charge in [-0.2, -0.15) is 0 Å². The van der Waals surface area contributed by atoms with E-state index in [1.54, 1.807) is 0 Å². The fourth-order valence-corrected chi connectivity index (χ4v) is 3.17. The second-order valence-electron chi connectivity index (χ2n) is 5.35. The third kappa shape index (κ3) is 2.21. The van der Waals surface area contributed by atoms with Gasteiger partial charge in [-0.05, 0) is 29.7 Å². The van der Waals surface area contributed by atoms with Gasteiger partial charge < -0.3 is 9.88 Å². The Morgan fingerprint density at radius 3 is 2.67 bits per heavy atom. The molecule has 0 spiro atoms. The van der Waals surface area contributed by atoms with E-state index in [0.717, 1.165) is 36.4 Å². The Labute approximate surface area is 128 Å². The van der Waals surface area contributed by atoms with Crippen LogP contribution in [0.3, 0.4) is 0 Å². The molecule has 1 aromatic heterocycles. The van der Waals surface area contributed by atoms with Crippen molar-refractivity contribution in [2.45, 2.75) is 13.0 Å². The Hall–Kier alpha value is -2.20. The van der Waals surface area contributed by atoms with E-state index >= 15 is 0 Å². The number of hydrogen-bond donors (Lipinski definition) is 1. The molecule has 21 heavy (non-hydrogen) atoms. The van der Waals surface area contributed by atoms with Gasteiger partial charge >= 0.3 is 0 Å². The highest BCUT2D eigenvalue weighted by Crippen LogP contribution is 2.23. The molecule has 3 aromatic rings. The summed E-state index contributed by atoms with van der Waals surface area (Å²) in [5, 5.41) is 1.01. The molecule has 4 heteroatoms. The molecule has 104 valence electrons. The lowest BCUT2D eigenvalue weighted by Crippen LogP contribution is -2.31. The van der Waals surface area contributed by atoms with Crippen molar-refractivity contribution in [2.24, 2.45) is 0 Å². The van der Waals surface area contributed by atoms with Gasteiger partial charge in [-0.1, -0.05) is 48.6 Å². The first-order valence-corrected chi connectivity index (χ1v) is 7.53. The fraction of sp³-hybridized carbons (Fsp3) is 0.176. The highest BCUT2D eigenvalue weighted by molar-refractivity contribution is 7.71. The van der Waals surface area contributed by atoms with Gasteiger partial charge in [-0.15, -0.1) is 0 Å². The van der Waals surface area contributed by atoms with E-state index in [9.17, 15) is 0 Å². The zero-order valence-electron chi connectivity index (χ0n) is 11.5. The van der Waals surface area contributed by atoms with Crippen LogP contribution >= 0.6 is 12.2 Å². The first-order chi connectivity index (χ1) is 10.3. The number of H-pyrrole nitrogens is 1. The lowest BCUT2D eigenvalue weighted by atomic mass is 10.0. The maximum atomic E-state index is 5.43. The summed E-state index contributed by atoms with van der Waals surface area (Å²) in [7, 11) is 0. The first-order valence-electron chi connectivity index (χ1n) is 7.12. The van der Waals surface area contributed by atoms with Crippen molar-refractivity contribution >= 4 is 29.1 Å². The van der Waals surface area contributed by atoms with Crippen LogP contribution in [-0.4, -0.2) is 16.5 Å². The SMILES string of the molecule is S=c1nc(N2CCc3ccccc3C2)[nH]c2ccccc12. The van der Waals surface area contributed by atoms with Crippen molar-refractivity contribution in [2.75, 3.05) is 11.4 Å². The Kier molecular flexibility index (Phi) is 2.97. The zero-order valence-corrected chi connectivity index (χ0v) is 12.4. The third-order valence-corrected chi connectivity index (χ3v) is 4.35. The highest BCUT2D eigenvalue weighted by Gasteiger charge is 2.17. The summed E-state index contributed by atoms with van der Waals surface area (Å²) in [5.41, 5.74) is 3.86. The summed E-state index contributed by atoms with van der Waals surface area (Å²) >= 11 is 5.43. The Morgan fingerprint density at radius 1 is 1.00 bits per heavy atom. The summed E-state index contributed by atoms with van der Waals surface area (Å²) in [4.78, 5) is 10.3. The maximum Gasteiger partial charge on any atom is 0.204 e. The number of nitrogens with one attached hydrogen (secondary N) is 1. The van der Waals surface area contributed by atoms with Gasteiger partial charge in [0.25, 0.3) is 0 Å². The molecule has 2 heterocycles. The highest BCUT2D eigenvalue weighted by atomic mass is 32.1. The van der Waals surface area contributed by atoms with E-state index < -0.39 is 0 Å². The Balaban J connectivity index is 1.76. The van der Waals surface area contributed by atoms with Crippen LogP contribution < -0.4 is 4.90 Å². The van der Waals surface area contributed by atoms with Gasteiger partial charge in [0, 0.05) is 18.5 Å². The molecule has 1 aliphatic heterocycles. The lowest BCUT2D eigenvalue weighted by Gasteiger charge is -2.29. The number of anilines is 1. The minimum Gasteiger partial charge on any atom is -0.338 e. The second kappa shape index (κ2) is 4.97. The number of hydrogen-bond acceptors (Lipinski definition) is 3. The van der Waals surface area contributed by atoms with Crippen LogP contribution in [0.4, 0.5) is 5.95 Å². The van der Waals surface area contributed by atoms with Crippen LogP contribution in [0.25, 0.3) is 10.9 Å². The topological polar surface area (TPSA) is 31.9 Å². The molecule has 0 aliphatic carbocycles. The summed E-state index contributed by atoms with van der Waals surface area (Å²) in [6, 6.07) is 16.7. The molecule has 0 saturated heterocycles. The maximum absolute atomic E-state index is 5.43. The van der Waals surface area contributed by atoms with Crippen LogP contribution in [0, 0.1) is 4.64 Å². The van der Waals surface area contributed by atoms with E-state index in [4.69, 9.17) is 12.2 Å². The van der Waals surface area contributed by atoms with Crippen LogP contribution in [0.5, 0.6) is 0 Å². The van der Waals surface area contributed by atoms with Gasteiger partial charge in [-0.25, -0.2) is 4.98 Å². The van der Waals surface area contributed by atoms with Crippen LogP contribution in [0.15, 0.2) is 48.5 Å².